The second kappa shape index (κ2) is 7.55. The van der Waals surface area contributed by atoms with E-state index in [1.165, 1.54) is 0 Å². The maximum Gasteiger partial charge on any atom is 0.329 e. The number of aliphatic carboxylic acids is 1. The minimum Gasteiger partial charge on any atom is -0.480 e. The number of hydrogen-bond acceptors (Lipinski definition) is 3. The van der Waals surface area contributed by atoms with Crippen LogP contribution in [0.25, 0.3) is 0 Å². The van der Waals surface area contributed by atoms with Crippen molar-refractivity contribution in [1.82, 2.24) is 5.32 Å². The van der Waals surface area contributed by atoms with E-state index in [1.807, 2.05) is 36.4 Å². The van der Waals surface area contributed by atoms with E-state index in [4.69, 9.17) is 4.42 Å². The van der Waals surface area contributed by atoms with E-state index in [1.54, 1.807) is 12.3 Å². The molecule has 1 aliphatic carbocycles. The first kappa shape index (κ1) is 17.3. The highest BCUT2D eigenvalue weighted by Crippen LogP contribution is 2.31. The zero-order valence-corrected chi connectivity index (χ0v) is 14.1. The lowest BCUT2D eigenvalue weighted by atomic mass is 9.92. The second-order valence-corrected chi connectivity index (χ2v) is 6.75. The van der Waals surface area contributed by atoms with Gasteiger partial charge in [-0.15, -0.1) is 0 Å². The first-order chi connectivity index (χ1) is 12.1. The number of amides is 1. The van der Waals surface area contributed by atoms with Crippen LogP contribution in [-0.4, -0.2) is 22.5 Å². The van der Waals surface area contributed by atoms with Crippen LogP contribution in [0.4, 0.5) is 0 Å². The van der Waals surface area contributed by atoms with Gasteiger partial charge in [0.15, 0.2) is 0 Å². The van der Waals surface area contributed by atoms with Gasteiger partial charge in [-0.1, -0.05) is 43.2 Å². The van der Waals surface area contributed by atoms with Crippen LogP contribution in [0.15, 0.2) is 53.1 Å². The lowest BCUT2D eigenvalue weighted by Gasteiger charge is -2.26. The van der Waals surface area contributed by atoms with E-state index in [2.05, 4.69) is 5.32 Å². The van der Waals surface area contributed by atoms with Gasteiger partial charge in [-0.2, -0.15) is 0 Å². The summed E-state index contributed by atoms with van der Waals surface area (Å²) in [5.74, 6) is -0.544. The van der Waals surface area contributed by atoms with E-state index in [9.17, 15) is 14.7 Å². The molecule has 2 N–H and O–H groups in total. The molecular weight excluding hydrogens is 318 g/mol. The van der Waals surface area contributed by atoms with Gasteiger partial charge in [-0.05, 0) is 37.0 Å². The van der Waals surface area contributed by atoms with Crippen LogP contribution in [0.1, 0.15) is 49.3 Å². The van der Waals surface area contributed by atoms with E-state index in [-0.39, 0.29) is 18.2 Å². The van der Waals surface area contributed by atoms with Gasteiger partial charge < -0.3 is 14.8 Å². The fourth-order valence-electron chi connectivity index (χ4n) is 3.61. The smallest absolute Gasteiger partial charge is 0.329 e. The van der Waals surface area contributed by atoms with Crippen molar-refractivity contribution in [2.75, 3.05) is 0 Å². The highest BCUT2D eigenvalue weighted by atomic mass is 16.4. The molecule has 1 amide bonds. The number of benzene rings is 1. The van der Waals surface area contributed by atoms with Gasteiger partial charge in [-0.25, -0.2) is 4.79 Å². The van der Waals surface area contributed by atoms with E-state index in [0.717, 1.165) is 24.2 Å². The van der Waals surface area contributed by atoms with E-state index < -0.39 is 11.5 Å². The predicted octanol–water partition coefficient (Wildman–Crippen LogP) is 3.51. The summed E-state index contributed by atoms with van der Waals surface area (Å²) in [5.41, 5.74) is 0.0166. The Morgan fingerprint density at radius 1 is 1.12 bits per heavy atom. The van der Waals surface area contributed by atoms with Crippen LogP contribution in [-0.2, 0) is 16.0 Å². The number of rotatable bonds is 7. The number of carboxylic acids is 1. The summed E-state index contributed by atoms with van der Waals surface area (Å²) in [6.45, 7) is 0. The van der Waals surface area contributed by atoms with Crippen LogP contribution in [0.5, 0.6) is 0 Å². The minimum absolute atomic E-state index is 0.121. The SMILES string of the molecule is O=C(C[C@@H](Cc1ccccc1)c1ccco1)NC1(C(=O)O)CCCC1. The molecule has 132 valence electrons. The van der Waals surface area contributed by atoms with Crippen molar-refractivity contribution >= 4 is 11.9 Å². The number of carbonyl (C=O) groups is 2. The molecule has 25 heavy (non-hydrogen) atoms. The third-order valence-corrected chi connectivity index (χ3v) is 4.95. The van der Waals surface area contributed by atoms with Crippen molar-refractivity contribution in [1.29, 1.82) is 0 Å². The molecule has 1 aliphatic rings. The Kier molecular flexibility index (Phi) is 5.22. The van der Waals surface area contributed by atoms with Crippen LogP contribution < -0.4 is 5.32 Å². The summed E-state index contributed by atoms with van der Waals surface area (Å²) in [5, 5.41) is 12.3. The van der Waals surface area contributed by atoms with E-state index in [0.29, 0.717) is 19.3 Å². The molecule has 3 rings (SSSR count). The molecule has 1 fully saturated rings. The second-order valence-electron chi connectivity index (χ2n) is 6.75. The van der Waals surface area contributed by atoms with Crippen LogP contribution in [0.2, 0.25) is 0 Å². The van der Waals surface area contributed by atoms with Gasteiger partial charge >= 0.3 is 5.97 Å². The number of carbonyl (C=O) groups excluding carboxylic acids is 1. The van der Waals surface area contributed by atoms with Crippen LogP contribution >= 0.6 is 0 Å². The summed E-state index contributed by atoms with van der Waals surface area (Å²) in [6, 6.07) is 13.6. The van der Waals surface area contributed by atoms with Gasteiger partial charge in [0.05, 0.1) is 6.26 Å². The molecule has 0 aliphatic heterocycles. The summed E-state index contributed by atoms with van der Waals surface area (Å²) < 4.78 is 5.51. The zero-order chi connectivity index (χ0) is 17.7. The molecule has 0 saturated heterocycles. The van der Waals surface area contributed by atoms with Gasteiger partial charge in [-0.3, -0.25) is 4.79 Å². The molecule has 1 heterocycles. The lowest BCUT2D eigenvalue weighted by molar-refractivity contribution is -0.147. The first-order valence-electron chi connectivity index (χ1n) is 8.71. The quantitative estimate of drug-likeness (QED) is 0.808. The zero-order valence-electron chi connectivity index (χ0n) is 14.1. The Bertz CT molecular complexity index is 703. The van der Waals surface area contributed by atoms with Crippen LogP contribution in [0.3, 0.4) is 0 Å². The molecule has 1 saturated carbocycles. The maximum atomic E-state index is 12.6. The molecule has 1 aromatic heterocycles. The molecular formula is C20H23NO4. The Hall–Kier alpha value is -2.56. The number of nitrogens with one attached hydrogen (secondary N) is 1. The Balaban J connectivity index is 1.71. The number of carboxylic acid groups (broad SMARTS) is 1. The third-order valence-electron chi connectivity index (χ3n) is 4.95. The molecule has 0 bridgehead atoms. The lowest BCUT2D eigenvalue weighted by Crippen LogP contribution is -2.52. The standard InChI is InChI=1S/C20H23NO4/c22-18(21-20(19(23)24)10-4-5-11-20)14-16(17-9-6-12-25-17)13-15-7-2-1-3-8-15/h1-3,6-9,12,16H,4-5,10-11,13-14H2,(H,21,22)(H,23,24)/t16-/m1/s1. The molecule has 5 nitrogen and oxygen atoms in total. The van der Waals surface area contributed by atoms with Crippen molar-refractivity contribution in [2.24, 2.45) is 0 Å². The number of hydrogen-bond donors (Lipinski definition) is 2. The highest BCUT2D eigenvalue weighted by Gasteiger charge is 2.42. The van der Waals surface area contributed by atoms with Crippen molar-refractivity contribution in [3.05, 3.63) is 60.1 Å². The first-order valence-corrected chi connectivity index (χ1v) is 8.71. The maximum absolute atomic E-state index is 12.6. The fraction of sp³-hybridized carbons (Fsp3) is 0.400. The Labute approximate surface area is 147 Å². The molecule has 5 heteroatoms. The summed E-state index contributed by atoms with van der Waals surface area (Å²) in [7, 11) is 0. The van der Waals surface area contributed by atoms with Gasteiger partial charge in [0.2, 0.25) is 5.91 Å². The largest absolute Gasteiger partial charge is 0.480 e. The Morgan fingerprint density at radius 2 is 1.84 bits per heavy atom. The Morgan fingerprint density at radius 3 is 2.44 bits per heavy atom. The van der Waals surface area contributed by atoms with Crippen molar-refractivity contribution in [3.8, 4) is 0 Å². The van der Waals surface area contributed by atoms with Crippen molar-refractivity contribution in [3.63, 3.8) is 0 Å². The summed E-state index contributed by atoms with van der Waals surface area (Å²) in [6.07, 6.45) is 5.13. The summed E-state index contributed by atoms with van der Waals surface area (Å²) in [4.78, 5) is 24.2. The molecule has 0 radical (unpaired) electrons. The monoisotopic (exact) mass is 341 g/mol. The molecule has 1 atom stereocenters. The minimum atomic E-state index is -1.10. The van der Waals surface area contributed by atoms with Gasteiger partial charge in [0.25, 0.3) is 0 Å². The fourth-order valence-corrected chi connectivity index (χ4v) is 3.61. The highest BCUT2D eigenvalue weighted by molar-refractivity contribution is 5.87. The number of furan rings is 1. The molecule has 2 aromatic rings. The van der Waals surface area contributed by atoms with Gasteiger partial charge in [0, 0.05) is 12.3 Å². The normalized spacial score (nSPS) is 17.1. The van der Waals surface area contributed by atoms with Crippen molar-refractivity contribution in [2.45, 2.75) is 50.0 Å². The molecule has 0 unspecified atom stereocenters. The third kappa shape index (κ3) is 4.10. The van der Waals surface area contributed by atoms with Crippen molar-refractivity contribution < 1.29 is 19.1 Å². The average molecular weight is 341 g/mol. The van der Waals surface area contributed by atoms with E-state index >= 15 is 0 Å². The topological polar surface area (TPSA) is 79.5 Å². The molecule has 1 aromatic carbocycles. The summed E-state index contributed by atoms with van der Waals surface area (Å²) >= 11 is 0. The molecule has 0 spiro atoms. The average Bonchev–Trinajstić information content (AvgIpc) is 3.27. The van der Waals surface area contributed by atoms with Gasteiger partial charge in [0.1, 0.15) is 11.3 Å². The predicted molar refractivity (Wildman–Crippen MR) is 93.2 cm³/mol. The van der Waals surface area contributed by atoms with Crippen LogP contribution in [0, 0.1) is 0 Å².